The first-order chi connectivity index (χ1) is 30.3. The quantitative estimate of drug-likeness (QED) is 0.0609. The third-order valence-electron chi connectivity index (χ3n) is 11.6. The number of fused-ring (bicyclic) bond motifs is 5. The maximum atomic E-state index is 16.1. The largest absolute Gasteiger partial charge is 0.284 e. The highest BCUT2D eigenvalue weighted by Crippen LogP contribution is 2.65. The van der Waals surface area contributed by atoms with Crippen LogP contribution in [0.15, 0.2) is 47.1 Å². The molecule has 0 unspecified atom stereocenters. The fourth-order valence-corrected chi connectivity index (χ4v) is 14.1. The number of nitrogens with zero attached hydrogens (tertiary/aromatic N) is 8. The van der Waals surface area contributed by atoms with Crippen molar-refractivity contribution in [2.24, 2.45) is 0 Å². The molecule has 3 aliphatic rings. The first-order valence-corrected chi connectivity index (χ1v) is 23.0. The lowest BCUT2D eigenvalue weighted by Crippen LogP contribution is -2.25. The summed E-state index contributed by atoms with van der Waals surface area (Å²) in [6.45, 7) is 34.3. The monoisotopic (exact) mass is 910 g/mol. The molecule has 0 radical (unpaired) electrons. The van der Waals surface area contributed by atoms with Crippen molar-refractivity contribution in [1.82, 2.24) is 0 Å². The van der Waals surface area contributed by atoms with Gasteiger partial charge in [0, 0.05) is 55.6 Å². The number of halogens is 4. The highest BCUT2D eigenvalue weighted by molar-refractivity contribution is 7.29. The number of unbranched alkanes of at least 4 members (excludes halogenated alkanes) is 6. The van der Waals surface area contributed by atoms with E-state index in [0.717, 1.165) is 118 Å². The molecule has 0 spiro atoms. The molecule has 0 aliphatic heterocycles. The number of hydrogen-bond acceptors (Lipinski definition) is 8. The molecule has 16 heteroatoms. The van der Waals surface area contributed by atoms with Gasteiger partial charge in [-0.05, 0) is 59.4 Å². The molecular formula is C47H30F4N8S4. The van der Waals surface area contributed by atoms with Gasteiger partial charge < -0.3 is 0 Å². The van der Waals surface area contributed by atoms with E-state index < -0.39 is 62.3 Å². The van der Waals surface area contributed by atoms with Gasteiger partial charge in [-0.25, -0.2) is 40.4 Å². The molecule has 8 nitrogen and oxygen atoms in total. The van der Waals surface area contributed by atoms with E-state index in [4.69, 9.17) is 26.3 Å². The number of rotatable bonds is 12. The van der Waals surface area contributed by atoms with Crippen LogP contribution in [0.4, 0.5) is 17.6 Å². The topological polar surface area (TPSA) is 113 Å². The van der Waals surface area contributed by atoms with Crippen LogP contribution in [0.25, 0.3) is 70.9 Å². The van der Waals surface area contributed by atoms with Crippen molar-refractivity contribution in [2.75, 3.05) is 0 Å². The Balaban J connectivity index is 1.45. The predicted octanol–water partition coefficient (Wildman–Crippen LogP) is 15.4. The van der Waals surface area contributed by atoms with Crippen LogP contribution in [0.3, 0.4) is 0 Å². The normalized spacial score (nSPS) is 18.7. The van der Waals surface area contributed by atoms with Gasteiger partial charge in [-0.1, -0.05) is 65.2 Å². The van der Waals surface area contributed by atoms with Crippen LogP contribution >= 0.6 is 45.3 Å². The lowest BCUT2D eigenvalue weighted by Gasteiger charge is -2.31. The second kappa shape index (κ2) is 17.3. The molecule has 4 aromatic heterocycles. The van der Waals surface area contributed by atoms with Gasteiger partial charge in [0.05, 0.1) is 61.7 Å². The van der Waals surface area contributed by atoms with Crippen LogP contribution in [0.5, 0.6) is 0 Å². The van der Waals surface area contributed by atoms with Crippen molar-refractivity contribution in [1.29, 1.82) is 21.0 Å². The van der Waals surface area contributed by atoms with Gasteiger partial charge in [-0.15, -0.1) is 45.3 Å². The minimum absolute atomic E-state index is 0.0410. The molecule has 0 fully saturated rings. The van der Waals surface area contributed by atoms with Crippen molar-refractivity contribution in [3.8, 4) is 53.5 Å². The van der Waals surface area contributed by atoms with Gasteiger partial charge in [0.2, 0.25) is 0 Å². The zero-order valence-corrected chi connectivity index (χ0v) is 36.9. The summed E-state index contributed by atoms with van der Waals surface area (Å²) in [5, 5.41) is 38.9. The summed E-state index contributed by atoms with van der Waals surface area (Å²) in [6.07, 6.45) is 9.54. The molecule has 0 N–H and O–H groups in total. The van der Waals surface area contributed by atoms with Crippen LogP contribution in [0.2, 0.25) is 0 Å². The fourth-order valence-electron chi connectivity index (χ4n) is 8.84. The third kappa shape index (κ3) is 6.89. The number of hydrogen-bond donors (Lipinski definition) is 0. The van der Waals surface area contributed by atoms with Crippen LogP contribution in [-0.4, -0.2) is 11.8 Å². The molecule has 310 valence electrons. The lowest BCUT2D eigenvalue weighted by molar-refractivity contribution is 0.137. The second-order valence-corrected chi connectivity index (χ2v) is 19.3. The Morgan fingerprint density at radius 2 is 0.810 bits per heavy atom. The Bertz CT molecular complexity index is 2700. The van der Waals surface area contributed by atoms with Crippen molar-refractivity contribution in [3.05, 3.63) is 125 Å². The van der Waals surface area contributed by atoms with Crippen molar-refractivity contribution in [2.45, 2.75) is 95.3 Å². The number of alkyl halides is 4. The van der Waals surface area contributed by atoms with Crippen molar-refractivity contribution in [3.63, 3.8) is 0 Å². The van der Waals surface area contributed by atoms with Gasteiger partial charge in [-0.3, -0.25) is 0 Å². The summed E-state index contributed by atoms with van der Waals surface area (Å²) in [6, 6.07) is 13.5. The summed E-state index contributed by atoms with van der Waals surface area (Å²) >= 11 is 4.88. The smallest absolute Gasteiger partial charge is 0.226 e. The molecular weight excluding hydrogens is 881 g/mol. The van der Waals surface area contributed by atoms with Crippen molar-refractivity contribution < 1.29 is 17.6 Å². The van der Waals surface area contributed by atoms with E-state index >= 15 is 17.6 Å². The van der Waals surface area contributed by atoms with E-state index in [1.807, 2.05) is 0 Å². The third-order valence-corrected chi connectivity index (χ3v) is 16.8. The fraction of sp³-hybridized carbons (Fsp3) is 0.319. The highest BCUT2D eigenvalue weighted by atomic mass is 32.1. The molecule has 0 aromatic carbocycles. The Morgan fingerprint density at radius 1 is 0.492 bits per heavy atom. The summed E-state index contributed by atoms with van der Waals surface area (Å²) in [5.74, 6) is -7.83. The molecule has 4 aromatic rings. The van der Waals surface area contributed by atoms with E-state index in [0.29, 0.717) is 9.75 Å². The van der Waals surface area contributed by atoms with Gasteiger partial charge >= 0.3 is 0 Å². The summed E-state index contributed by atoms with van der Waals surface area (Å²) in [5.41, 5.74) is -5.01. The zero-order chi connectivity index (χ0) is 45.4. The van der Waals surface area contributed by atoms with Crippen LogP contribution in [0, 0.1) is 71.6 Å². The first-order valence-electron chi connectivity index (χ1n) is 19.8. The van der Waals surface area contributed by atoms with Gasteiger partial charge in [0.25, 0.3) is 34.6 Å². The average molecular weight is 911 g/mol. The standard InChI is InChI=1S/C47H30F4N8S4/c1-7-9-11-13-15-45(16-14-12-10-8-2)27-19-35(33-17-25-37(29(21-52)56-3)46(48,49)39(41(25)60-33)31(23-54)58-5)62-43(27)44-28(45)20-36(63-44)34-18-26-38(30(22-53)57-4)47(50,51)40(42(26)61-34)32(24-55)59-6/h17-20H,7-16H2,1-2H3/b37-29-,38-30+,39-31-,40-32+. The van der Waals surface area contributed by atoms with E-state index in [2.05, 4.69) is 45.4 Å². The van der Waals surface area contributed by atoms with Gasteiger partial charge in [0.15, 0.2) is 0 Å². The molecule has 0 saturated heterocycles. The summed E-state index contributed by atoms with van der Waals surface area (Å²) in [4.78, 5) is 16.8. The van der Waals surface area contributed by atoms with E-state index in [9.17, 15) is 21.0 Å². The second-order valence-electron chi connectivity index (χ2n) is 15.1. The summed E-state index contributed by atoms with van der Waals surface area (Å²) < 4.78 is 64.3. The lowest BCUT2D eigenvalue weighted by atomic mass is 9.71. The van der Waals surface area contributed by atoms with Crippen LogP contribution < -0.4 is 0 Å². The van der Waals surface area contributed by atoms with Gasteiger partial charge in [-0.2, -0.15) is 17.6 Å². The molecule has 4 heterocycles. The molecule has 0 bridgehead atoms. The molecule has 7 rings (SSSR count). The molecule has 0 atom stereocenters. The molecule has 0 saturated carbocycles. The van der Waals surface area contributed by atoms with E-state index in [1.165, 1.54) is 34.8 Å². The van der Waals surface area contributed by atoms with Crippen molar-refractivity contribution >= 4 is 67.6 Å². The predicted molar refractivity (Wildman–Crippen MR) is 239 cm³/mol. The van der Waals surface area contributed by atoms with Gasteiger partial charge in [0.1, 0.15) is 0 Å². The molecule has 63 heavy (non-hydrogen) atoms. The maximum Gasteiger partial charge on any atom is 0.284 e. The minimum atomic E-state index is -3.92. The number of allylic oxidation sites excluding steroid dienone is 8. The van der Waals surface area contributed by atoms with E-state index in [1.54, 1.807) is 24.3 Å². The maximum absolute atomic E-state index is 16.1. The van der Waals surface area contributed by atoms with E-state index in [-0.39, 0.29) is 20.9 Å². The zero-order valence-electron chi connectivity index (χ0n) is 33.6. The Labute approximate surface area is 377 Å². The Hall–Kier alpha value is -6.60. The molecule has 3 aliphatic carbocycles. The molecule has 0 amide bonds. The first kappa shape index (κ1) is 44.5. The Kier molecular flexibility index (Phi) is 12.2. The average Bonchev–Trinajstić information content (AvgIpc) is 4.14. The SMILES string of the molecule is [C-]#[N+]/C(C#N)=C1\c2sc(-c3cc4c(s3)-c3sc(-c5cc6c(s5)/C(=C(\C#N)[N+]#[C-])C(F)(F)/C6=C(/C#N)[N+]#[C-])cc3C4(CCCCCC)CCCCCC)cc2/C(=C(/C#N)[N+]#[C-])C1(F)F. The Morgan fingerprint density at radius 3 is 1.13 bits per heavy atom. The highest BCUT2D eigenvalue weighted by Gasteiger charge is 2.54. The number of nitriles is 4. The van der Waals surface area contributed by atoms with Crippen LogP contribution in [0.1, 0.15) is 110 Å². The minimum Gasteiger partial charge on any atom is -0.226 e. The van der Waals surface area contributed by atoms with Crippen LogP contribution in [-0.2, 0) is 5.41 Å². The number of thiophene rings is 4. The summed E-state index contributed by atoms with van der Waals surface area (Å²) in [7, 11) is 0.